The molecule has 1 aromatic carbocycles. The standard InChI is InChI=1S/C22H26N6O2/c1-16(2)27-21(29)10-9-18(23-27)20-15-19(22(30)26-13-11-25(3)12-14-26)24-28(20)17-7-5-4-6-8-17/h4-10,15-16H,11-14H2,1-3H3. The van der Waals surface area contributed by atoms with Gasteiger partial charge in [0.2, 0.25) is 0 Å². The minimum Gasteiger partial charge on any atom is -0.335 e. The van der Waals surface area contributed by atoms with Crippen LogP contribution in [0.4, 0.5) is 0 Å². The lowest BCUT2D eigenvalue weighted by Gasteiger charge is -2.31. The van der Waals surface area contributed by atoms with Gasteiger partial charge in [0.15, 0.2) is 5.69 Å². The predicted molar refractivity (Wildman–Crippen MR) is 115 cm³/mol. The summed E-state index contributed by atoms with van der Waals surface area (Å²) >= 11 is 0. The van der Waals surface area contributed by atoms with Crippen LogP contribution in [0.5, 0.6) is 0 Å². The zero-order valence-electron chi connectivity index (χ0n) is 17.5. The molecule has 0 radical (unpaired) electrons. The summed E-state index contributed by atoms with van der Waals surface area (Å²) in [6, 6.07) is 14.5. The fraction of sp³-hybridized carbons (Fsp3) is 0.364. The Bertz CT molecular complexity index is 1090. The van der Waals surface area contributed by atoms with Crippen LogP contribution in [0.1, 0.15) is 30.4 Å². The normalized spacial score (nSPS) is 15.0. The lowest BCUT2D eigenvalue weighted by molar-refractivity contribution is 0.0657. The molecule has 8 nitrogen and oxygen atoms in total. The van der Waals surface area contributed by atoms with E-state index in [2.05, 4.69) is 22.1 Å². The number of aromatic nitrogens is 4. The Morgan fingerprint density at radius 2 is 1.67 bits per heavy atom. The molecule has 2 aromatic heterocycles. The van der Waals surface area contributed by atoms with E-state index in [1.807, 2.05) is 49.1 Å². The Morgan fingerprint density at radius 3 is 2.33 bits per heavy atom. The van der Waals surface area contributed by atoms with Crippen molar-refractivity contribution in [2.75, 3.05) is 33.2 Å². The van der Waals surface area contributed by atoms with Gasteiger partial charge in [-0.15, -0.1) is 0 Å². The van der Waals surface area contributed by atoms with Gasteiger partial charge in [0.05, 0.1) is 17.4 Å². The number of hydrogen-bond acceptors (Lipinski definition) is 5. The van der Waals surface area contributed by atoms with Gasteiger partial charge in [-0.2, -0.15) is 10.2 Å². The molecule has 0 atom stereocenters. The number of carbonyl (C=O) groups is 1. The topological polar surface area (TPSA) is 76.3 Å². The summed E-state index contributed by atoms with van der Waals surface area (Å²) in [6.07, 6.45) is 0. The highest BCUT2D eigenvalue weighted by Crippen LogP contribution is 2.23. The van der Waals surface area contributed by atoms with E-state index in [0.29, 0.717) is 30.2 Å². The second-order valence-electron chi connectivity index (χ2n) is 7.85. The molecule has 156 valence electrons. The molecule has 1 aliphatic rings. The fourth-order valence-electron chi connectivity index (χ4n) is 3.54. The summed E-state index contributed by atoms with van der Waals surface area (Å²) in [6.45, 7) is 6.88. The van der Waals surface area contributed by atoms with E-state index in [9.17, 15) is 9.59 Å². The van der Waals surface area contributed by atoms with Crippen molar-refractivity contribution in [2.24, 2.45) is 0 Å². The molecule has 3 aromatic rings. The summed E-state index contributed by atoms with van der Waals surface area (Å²) < 4.78 is 3.17. The fourth-order valence-corrected chi connectivity index (χ4v) is 3.54. The minimum atomic E-state index is -0.159. The van der Waals surface area contributed by atoms with Gasteiger partial charge in [-0.1, -0.05) is 18.2 Å². The van der Waals surface area contributed by atoms with E-state index in [1.54, 1.807) is 16.8 Å². The van der Waals surface area contributed by atoms with Crippen LogP contribution >= 0.6 is 0 Å². The summed E-state index contributed by atoms with van der Waals surface area (Å²) in [5.74, 6) is -0.0868. The van der Waals surface area contributed by atoms with Crippen molar-refractivity contribution in [2.45, 2.75) is 19.9 Å². The first-order valence-electron chi connectivity index (χ1n) is 10.2. The average molecular weight is 406 g/mol. The van der Waals surface area contributed by atoms with Gasteiger partial charge >= 0.3 is 0 Å². The maximum absolute atomic E-state index is 13.1. The maximum atomic E-state index is 13.1. The Labute approximate surface area is 175 Å². The number of hydrogen-bond donors (Lipinski definition) is 0. The molecule has 0 unspecified atom stereocenters. The molecular formula is C22H26N6O2. The molecule has 3 heterocycles. The molecule has 4 rings (SSSR count). The number of benzene rings is 1. The molecule has 30 heavy (non-hydrogen) atoms. The van der Waals surface area contributed by atoms with Gasteiger partial charge < -0.3 is 9.80 Å². The molecule has 0 aliphatic carbocycles. The number of likely N-dealkylation sites (N-methyl/N-ethyl adjacent to an activating group) is 1. The zero-order chi connectivity index (χ0) is 21.3. The van der Waals surface area contributed by atoms with Gasteiger partial charge in [-0.25, -0.2) is 9.36 Å². The first kappa shape index (κ1) is 20.0. The van der Waals surface area contributed by atoms with Crippen LogP contribution in [0.3, 0.4) is 0 Å². The van der Waals surface area contributed by atoms with Crippen molar-refractivity contribution in [1.29, 1.82) is 0 Å². The third-order valence-electron chi connectivity index (χ3n) is 5.30. The van der Waals surface area contributed by atoms with Gasteiger partial charge in [-0.3, -0.25) is 9.59 Å². The predicted octanol–water partition coefficient (Wildman–Crippen LogP) is 2.06. The van der Waals surface area contributed by atoms with Crippen LogP contribution in [-0.2, 0) is 0 Å². The molecule has 1 fully saturated rings. The number of piperazine rings is 1. The highest BCUT2D eigenvalue weighted by atomic mass is 16.2. The SMILES string of the molecule is CC(C)n1nc(-c2cc(C(=O)N3CCN(C)CC3)nn2-c2ccccc2)ccc1=O. The van der Waals surface area contributed by atoms with E-state index >= 15 is 0 Å². The van der Waals surface area contributed by atoms with Crippen molar-refractivity contribution < 1.29 is 4.79 Å². The average Bonchev–Trinajstić information content (AvgIpc) is 3.20. The van der Waals surface area contributed by atoms with Crippen molar-refractivity contribution >= 4 is 5.91 Å². The van der Waals surface area contributed by atoms with E-state index in [-0.39, 0.29) is 17.5 Å². The maximum Gasteiger partial charge on any atom is 0.274 e. The van der Waals surface area contributed by atoms with E-state index in [1.165, 1.54) is 10.7 Å². The van der Waals surface area contributed by atoms with Crippen molar-refractivity contribution in [3.63, 3.8) is 0 Å². The van der Waals surface area contributed by atoms with Crippen molar-refractivity contribution in [3.8, 4) is 17.1 Å². The van der Waals surface area contributed by atoms with Gasteiger partial charge in [-0.05, 0) is 45.2 Å². The third-order valence-corrected chi connectivity index (χ3v) is 5.30. The Balaban J connectivity index is 1.79. The lowest BCUT2D eigenvalue weighted by atomic mass is 10.2. The quantitative estimate of drug-likeness (QED) is 0.663. The number of rotatable bonds is 4. The molecule has 0 bridgehead atoms. The first-order chi connectivity index (χ1) is 14.4. The van der Waals surface area contributed by atoms with Gasteiger partial charge in [0, 0.05) is 32.2 Å². The Kier molecular flexibility index (Phi) is 5.50. The first-order valence-corrected chi connectivity index (χ1v) is 10.2. The highest BCUT2D eigenvalue weighted by Gasteiger charge is 2.25. The second-order valence-corrected chi connectivity index (χ2v) is 7.85. The van der Waals surface area contributed by atoms with Crippen LogP contribution < -0.4 is 5.56 Å². The van der Waals surface area contributed by atoms with Crippen LogP contribution in [0.25, 0.3) is 17.1 Å². The van der Waals surface area contributed by atoms with E-state index in [0.717, 1.165) is 18.8 Å². The number of nitrogens with zero attached hydrogens (tertiary/aromatic N) is 6. The third kappa shape index (κ3) is 3.91. The number of para-hydroxylation sites is 1. The minimum absolute atomic E-state index is 0.0722. The molecule has 0 saturated carbocycles. The largest absolute Gasteiger partial charge is 0.335 e. The number of carbonyl (C=O) groups excluding carboxylic acids is 1. The second kappa shape index (κ2) is 8.23. The van der Waals surface area contributed by atoms with E-state index < -0.39 is 0 Å². The molecular weight excluding hydrogens is 380 g/mol. The molecule has 1 saturated heterocycles. The molecule has 0 spiro atoms. The molecule has 0 N–H and O–H groups in total. The van der Waals surface area contributed by atoms with Crippen LogP contribution in [0.2, 0.25) is 0 Å². The number of amides is 1. The Morgan fingerprint density at radius 1 is 0.967 bits per heavy atom. The van der Waals surface area contributed by atoms with Crippen molar-refractivity contribution in [3.05, 3.63) is 64.6 Å². The molecule has 1 aliphatic heterocycles. The zero-order valence-corrected chi connectivity index (χ0v) is 17.5. The summed E-state index contributed by atoms with van der Waals surface area (Å²) in [5.41, 5.74) is 2.31. The summed E-state index contributed by atoms with van der Waals surface area (Å²) in [5, 5.41) is 9.17. The Hall–Kier alpha value is -3.26. The molecule has 1 amide bonds. The van der Waals surface area contributed by atoms with Crippen LogP contribution in [0.15, 0.2) is 53.3 Å². The van der Waals surface area contributed by atoms with Crippen LogP contribution in [-0.4, -0.2) is 68.5 Å². The highest BCUT2D eigenvalue weighted by molar-refractivity contribution is 5.93. The van der Waals surface area contributed by atoms with Crippen LogP contribution in [0, 0.1) is 0 Å². The van der Waals surface area contributed by atoms with Gasteiger partial charge in [0.1, 0.15) is 5.69 Å². The monoisotopic (exact) mass is 406 g/mol. The lowest BCUT2D eigenvalue weighted by Crippen LogP contribution is -2.47. The summed E-state index contributed by atoms with van der Waals surface area (Å²) in [4.78, 5) is 29.3. The molecule has 8 heteroatoms. The van der Waals surface area contributed by atoms with Gasteiger partial charge in [0.25, 0.3) is 11.5 Å². The smallest absolute Gasteiger partial charge is 0.274 e. The van der Waals surface area contributed by atoms with Crippen molar-refractivity contribution in [1.82, 2.24) is 29.4 Å². The van der Waals surface area contributed by atoms with E-state index in [4.69, 9.17) is 0 Å². The summed E-state index contributed by atoms with van der Waals surface area (Å²) in [7, 11) is 2.05.